The zero-order chi connectivity index (χ0) is 21.8. The lowest BCUT2D eigenvalue weighted by Gasteiger charge is -2.13. The van der Waals surface area contributed by atoms with Gasteiger partial charge < -0.3 is 19.1 Å². The van der Waals surface area contributed by atoms with Crippen LogP contribution < -0.4 is 4.74 Å². The number of carboxylic acids is 1. The lowest BCUT2D eigenvalue weighted by Crippen LogP contribution is -2.22. The Morgan fingerprint density at radius 3 is 2.67 bits per heavy atom. The summed E-state index contributed by atoms with van der Waals surface area (Å²) in [4.78, 5) is 23.2. The summed E-state index contributed by atoms with van der Waals surface area (Å²) in [7, 11) is 0. The Morgan fingerprint density at radius 1 is 1.20 bits per heavy atom. The fourth-order valence-electron chi connectivity index (χ4n) is 3.35. The first-order valence-electron chi connectivity index (χ1n) is 9.67. The highest BCUT2D eigenvalue weighted by Crippen LogP contribution is 2.28. The van der Waals surface area contributed by atoms with Gasteiger partial charge in [-0.25, -0.2) is 9.59 Å². The maximum atomic E-state index is 12.2. The van der Waals surface area contributed by atoms with Crippen molar-refractivity contribution < 1.29 is 24.2 Å². The van der Waals surface area contributed by atoms with Crippen molar-refractivity contribution in [2.45, 2.75) is 33.4 Å². The van der Waals surface area contributed by atoms with E-state index in [1.54, 1.807) is 12.1 Å². The number of hydrogen-bond donors (Lipinski definition) is 1. The topological polar surface area (TPSA) is 77.8 Å². The number of carbonyl (C=O) groups excluding carboxylic acids is 1. The largest absolute Gasteiger partial charge is 0.479 e. The van der Waals surface area contributed by atoms with Crippen molar-refractivity contribution in [1.29, 1.82) is 0 Å². The third-order valence-electron chi connectivity index (χ3n) is 5.11. The fraction of sp³-hybridized carbons (Fsp3) is 0.250. The number of hydrogen-bond acceptors (Lipinski definition) is 4. The van der Waals surface area contributed by atoms with Gasteiger partial charge in [0.2, 0.25) is 0 Å². The molecule has 6 nitrogen and oxygen atoms in total. The van der Waals surface area contributed by atoms with E-state index >= 15 is 0 Å². The van der Waals surface area contributed by atoms with Gasteiger partial charge in [-0.3, -0.25) is 0 Å². The minimum Gasteiger partial charge on any atom is -0.479 e. The molecule has 0 aliphatic rings. The maximum Gasteiger partial charge on any atom is 0.344 e. The average molecular weight is 407 g/mol. The van der Waals surface area contributed by atoms with Gasteiger partial charge in [-0.05, 0) is 62.2 Å². The van der Waals surface area contributed by atoms with E-state index < -0.39 is 12.1 Å². The second kappa shape index (κ2) is 8.86. The molecule has 1 aromatic heterocycles. The molecule has 1 heterocycles. The van der Waals surface area contributed by atoms with Crippen molar-refractivity contribution in [3.8, 4) is 5.75 Å². The summed E-state index contributed by atoms with van der Waals surface area (Å²) in [5.74, 6) is -0.870. The Bertz CT molecular complexity index is 1110. The Kier molecular flexibility index (Phi) is 6.26. The SMILES string of the molecule is C=CCOC(=O)c1ccc2c(c1)c(C)c(C)n2Cc1cccc(O[C@@H](C)C(=O)O)c1. The summed E-state index contributed by atoms with van der Waals surface area (Å²) in [5, 5.41) is 10.0. The number of rotatable bonds is 8. The molecule has 156 valence electrons. The lowest BCUT2D eigenvalue weighted by molar-refractivity contribution is -0.144. The lowest BCUT2D eigenvalue weighted by atomic mass is 10.1. The molecule has 0 saturated heterocycles. The average Bonchev–Trinajstić information content (AvgIpc) is 2.96. The second-order valence-corrected chi connectivity index (χ2v) is 7.16. The molecule has 1 N–H and O–H groups in total. The molecule has 2 aromatic carbocycles. The van der Waals surface area contributed by atoms with Gasteiger partial charge in [-0.1, -0.05) is 24.8 Å². The van der Waals surface area contributed by atoms with Gasteiger partial charge in [0.25, 0.3) is 0 Å². The van der Waals surface area contributed by atoms with Gasteiger partial charge in [0.05, 0.1) is 5.56 Å². The highest BCUT2D eigenvalue weighted by atomic mass is 16.5. The molecule has 0 radical (unpaired) electrons. The van der Waals surface area contributed by atoms with E-state index in [4.69, 9.17) is 14.6 Å². The van der Waals surface area contributed by atoms with E-state index in [0.717, 1.165) is 27.7 Å². The quantitative estimate of drug-likeness (QED) is 0.439. The van der Waals surface area contributed by atoms with Crippen LogP contribution in [0.25, 0.3) is 10.9 Å². The van der Waals surface area contributed by atoms with Crippen molar-refractivity contribution >= 4 is 22.8 Å². The van der Waals surface area contributed by atoms with E-state index in [-0.39, 0.29) is 12.6 Å². The molecule has 0 spiro atoms. The number of esters is 1. The normalized spacial score (nSPS) is 11.8. The van der Waals surface area contributed by atoms with E-state index in [1.165, 1.54) is 13.0 Å². The number of carboxylic acid groups (broad SMARTS) is 1. The van der Waals surface area contributed by atoms with E-state index in [2.05, 4.69) is 11.1 Å². The van der Waals surface area contributed by atoms with Crippen LogP contribution in [0, 0.1) is 13.8 Å². The van der Waals surface area contributed by atoms with Crippen molar-refractivity contribution in [3.05, 3.63) is 77.5 Å². The third-order valence-corrected chi connectivity index (χ3v) is 5.11. The highest BCUT2D eigenvalue weighted by Gasteiger charge is 2.16. The van der Waals surface area contributed by atoms with Crippen LogP contribution >= 0.6 is 0 Å². The number of benzene rings is 2. The fourth-order valence-corrected chi connectivity index (χ4v) is 3.35. The van der Waals surface area contributed by atoms with Crippen LogP contribution in [0.3, 0.4) is 0 Å². The summed E-state index contributed by atoms with van der Waals surface area (Å²) in [5.41, 5.74) is 4.68. The number of nitrogens with zero attached hydrogens (tertiary/aromatic N) is 1. The number of fused-ring (bicyclic) bond motifs is 1. The van der Waals surface area contributed by atoms with Gasteiger partial charge in [0.1, 0.15) is 12.4 Å². The van der Waals surface area contributed by atoms with Crippen molar-refractivity contribution in [1.82, 2.24) is 4.57 Å². The first-order chi connectivity index (χ1) is 14.3. The Morgan fingerprint density at radius 2 is 1.97 bits per heavy atom. The minimum absolute atomic E-state index is 0.175. The van der Waals surface area contributed by atoms with Crippen LogP contribution in [0.5, 0.6) is 5.75 Å². The zero-order valence-corrected chi connectivity index (χ0v) is 17.3. The number of carbonyl (C=O) groups is 2. The van der Waals surface area contributed by atoms with E-state index in [0.29, 0.717) is 17.9 Å². The molecule has 6 heteroatoms. The van der Waals surface area contributed by atoms with Crippen molar-refractivity contribution in [3.63, 3.8) is 0 Å². The zero-order valence-electron chi connectivity index (χ0n) is 17.3. The van der Waals surface area contributed by atoms with Crippen LogP contribution in [0.15, 0.2) is 55.1 Å². The molecule has 0 amide bonds. The molecule has 0 unspecified atom stereocenters. The summed E-state index contributed by atoms with van der Waals surface area (Å²) in [6, 6.07) is 13.0. The Hall–Kier alpha value is -3.54. The molecule has 0 aliphatic carbocycles. The summed E-state index contributed by atoms with van der Waals surface area (Å²) in [6.45, 7) is 9.89. The van der Waals surface area contributed by atoms with Gasteiger partial charge in [-0.2, -0.15) is 0 Å². The molecule has 3 aromatic rings. The maximum absolute atomic E-state index is 12.2. The smallest absolute Gasteiger partial charge is 0.344 e. The minimum atomic E-state index is -1.01. The van der Waals surface area contributed by atoms with Crippen LogP contribution in [-0.2, 0) is 16.1 Å². The molecule has 3 rings (SSSR count). The Labute approximate surface area is 175 Å². The number of aryl methyl sites for hydroxylation is 1. The summed E-state index contributed by atoms with van der Waals surface area (Å²) >= 11 is 0. The first-order valence-corrected chi connectivity index (χ1v) is 9.67. The molecule has 0 fully saturated rings. The van der Waals surface area contributed by atoms with Gasteiger partial charge in [0.15, 0.2) is 6.10 Å². The van der Waals surface area contributed by atoms with Crippen LogP contribution in [0.2, 0.25) is 0 Å². The predicted molar refractivity (Wildman–Crippen MR) is 115 cm³/mol. The molecule has 1 atom stereocenters. The molecule has 30 heavy (non-hydrogen) atoms. The molecular weight excluding hydrogens is 382 g/mol. The summed E-state index contributed by atoms with van der Waals surface area (Å²) < 4.78 is 12.8. The van der Waals surface area contributed by atoms with Crippen LogP contribution in [-0.4, -0.2) is 34.3 Å². The van der Waals surface area contributed by atoms with Crippen LogP contribution in [0.4, 0.5) is 0 Å². The van der Waals surface area contributed by atoms with Gasteiger partial charge in [0, 0.05) is 23.1 Å². The van der Waals surface area contributed by atoms with Gasteiger partial charge >= 0.3 is 11.9 Å². The summed E-state index contributed by atoms with van der Waals surface area (Å²) in [6.07, 6.45) is 0.619. The highest BCUT2D eigenvalue weighted by molar-refractivity contribution is 5.96. The van der Waals surface area contributed by atoms with Crippen LogP contribution in [0.1, 0.15) is 34.1 Å². The number of ether oxygens (including phenoxy) is 2. The monoisotopic (exact) mass is 407 g/mol. The second-order valence-electron chi connectivity index (χ2n) is 7.16. The van der Waals surface area contributed by atoms with Gasteiger partial charge in [-0.15, -0.1) is 0 Å². The van der Waals surface area contributed by atoms with Crippen molar-refractivity contribution in [2.24, 2.45) is 0 Å². The first kappa shape index (κ1) is 21.2. The number of aliphatic carboxylic acids is 1. The molecule has 0 bridgehead atoms. The standard InChI is InChI=1S/C24H25NO5/c1-5-11-29-24(28)19-9-10-22-21(13-19)15(2)16(3)25(22)14-18-7-6-8-20(12-18)30-17(4)23(26)27/h5-10,12-13,17H,1,11,14H2,2-4H3,(H,26,27)/t17-/m0/s1. The third kappa shape index (κ3) is 4.38. The number of aromatic nitrogens is 1. The Balaban J connectivity index is 1.91. The predicted octanol–water partition coefficient (Wildman–Crippen LogP) is 4.50. The molecule has 0 saturated carbocycles. The molecule has 0 aliphatic heterocycles. The van der Waals surface area contributed by atoms with Crippen molar-refractivity contribution in [2.75, 3.05) is 6.61 Å². The van der Waals surface area contributed by atoms with E-state index in [9.17, 15) is 9.59 Å². The molecular formula is C24H25NO5. The van der Waals surface area contributed by atoms with E-state index in [1.807, 2.05) is 44.2 Å².